The van der Waals surface area contributed by atoms with Gasteiger partial charge in [0.15, 0.2) is 0 Å². The molecule has 4 nitrogen and oxygen atoms in total. The van der Waals surface area contributed by atoms with Crippen LogP contribution in [0.2, 0.25) is 0 Å². The molecular formula is C11H16O4. The van der Waals surface area contributed by atoms with E-state index in [1.54, 1.807) is 0 Å². The average molecular weight is 212 g/mol. The lowest BCUT2D eigenvalue weighted by atomic mass is 9.96. The van der Waals surface area contributed by atoms with Gasteiger partial charge in [-0.15, -0.1) is 0 Å². The molecule has 0 aromatic rings. The first-order chi connectivity index (χ1) is 7.24. The van der Waals surface area contributed by atoms with Crippen LogP contribution in [-0.2, 0) is 19.1 Å². The van der Waals surface area contributed by atoms with Crippen molar-refractivity contribution in [1.29, 1.82) is 0 Å². The molecule has 0 saturated heterocycles. The Labute approximate surface area is 88.9 Å². The molecule has 0 aromatic heterocycles. The van der Waals surface area contributed by atoms with Crippen molar-refractivity contribution in [3.8, 4) is 0 Å². The Morgan fingerprint density at radius 1 is 0.867 bits per heavy atom. The Balaban J connectivity index is 1.61. The molecule has 0 spiro atoms. The highest BCUT2D eigenvalue weighted by molar-refractivity contribution is 5.91. The Kier molecular flexibility index (Phi) is 3.23. The molecule has 2 saturated carbocycles. The highest BCUT2D eigenvalue weighted by Gasteiger charge is 2.26. The fourth-order valence-corrected chi connectivity index (χ4v) is 1.55. The third kappa shape index (κ3) is 2.94. The number of hydrogen-bond acceptors (Lipinski definition) is 4. The molecule has 0 unspecified atom stereocenters. The highest BCUT2D eigenvalue weighted by Crippen LogP contribution is 2.24. The molecule has 0 aromatic carbocycles. The minimum Gasteiger partial charge on any atom is -0.462 e. The summed E-state index contributed by atoms with van der Waals surface area (Å²) in [6.45, 7) is 0. The Bertz CT molecular complexity index is 227. The van der Waals surface area contributed by atoms with Crippen molar-refractivity contribution in [1.82, 2.24) is 0 Å². The predicted octanol–water partition coefficient (Wildman–Crippen LogP) is 1.57. The fourth-order valence-electron chi connectivity index (χ4n) is 1.55. The normalized spacial score (nSPS) is 21.3. The summed E-state index contributed by atoms with van der Waals surface area (Å²) in [5, 5.41) is 0. The average Bonchev–Trinajstić information content (AvgIpc) is 2.05. The number of carbonyl (C=O) groups is 2. The maximum Gasteiger partial charge on any atom is 0.317 e. The molecule has 2 aliphatic carbocycles. The molecule has 2 aliphatic rings. The molecule has 0 N–H and O–H groups in total. The van der Waals surface area contributed by atoms with E-state index in [-0.39, 0.29) is 18.6 Å². The minimum atomic E-state index is -0.441. The number of rotatable bonds is 4. The molecule has 15 heavy (non-hydrogen) atoms. The van der Waals surface area contributed by atoms with Crippen molar-refractivity contribution in [3.05, 3.63) is 0 Å². The van der Waals surface area contributed by atoms with Gasteiger partial charge in [0, 0.05) is 0 Å². The largest absolute Gasteiger partial charge is 0.462 e. The van der Waals surface area contributed by atoms with Crippen LogP contribution in [0.15, 0.2) is 0 Å². The smallest absolute Gasteiger partial charge is 0.317 e. The minimum absolute atomic E-state index is 0.0500. The predicted molar refractivity (Wildman–Crippen MR) is 52.1 cm³/mol. The zero-order valence-corrected chi connectivity index (χ0v) is 8.74. The van der Waals surface area contributed by atoms with Crippen LogP contribution >= 0.6 is 0 Å². The number of ether oxygens (including phenoxy) is 2. The van der Waals surface area contributed by atoms with Crippen LogP contribution in [0.5, 0.6) is 0 Å². The van der Waals surface area contributed by atoms with Gasteiger partial charge >= 0.3 is 11.9 Å². The zero-order chi connectivity index (χ0) is 10.7. The van der Waals surface area contributed by atoms with E-state index in [1.165, 1.54) is 0 Å². The van der Waals surface area contributed by atoms with Gasteiger partial charge in [-0.05, 0) is 38.5 Å². The molecule has 2 rings (SSSR count). The second-order valence-electron chi connectivity index (χ2n) is 4.26. The molecule has 4 heteroatoms. The van der Waals surface area contributed by atoms with E-state index in [0.29, 0.717) is 0 Å². The summed E-state index contributed by atoms with van der Waals surface area (Å²) >= 11 is 0. The van der Waals surface area contributed by atoms with Gasteiger partial charge in [0.2, 0.25) is 0 Å². The first-order valence-corrected chi connectivity index (χ1v) is 5.63. The van der Waals surface area contributed by atoms with Crippen molar-refractivity contribution < 1.29 is 19.1 Å². The van der Waals surface area contributed by atoms with E-state index in [0.717, 1.165) is 38.5 Å². The maximum absolute atomic E-state index is 11.2. The van der Waals surface area contributed by atoms with Crippen molar-refractivity contribution in [2.75, 3.05) is 0 Å². The lowest BCUT2D eigenvalue weighted by Gasteiger charge is -2.26. The molecule has 0 radical (unpaired) electrons. The molecular weight excluding hydrogens is 196 g/mol. The Morgan fingerprint density at radius 3 is 1.53 bits per heavy atom. The molecule has 0 aliphatic heterocycles. The number of esters is 2. The molecule has 0 atom stereocenters. The maximum atomic E-state index is 11.2. The summed E-state index contributed by atoms with van der Waals surface area (Å²) in [7, 11) is 0. The van der Waals surface area contributed by atoms with Gasteiger partial charge in [0.05, 0.1) is 0 Å². The topological polar surface area (TPSA) is 52.6 Å². The summed E-state index contributed by atoms with van der Waals surface area (Å²) in [4.78, 5) is 22.4. The van der Waals surface area contributed by atoms with Gasteiger partial charge in [-0.1, -0.05) is 0 Å². The number of hydrogen-bond donors (Lipinski definition) is 0. The van der Waals surface area contributed by atoms with Crippen molar-refractivity contribution in [2.24, 2.45) is 0 Å². The molecule has 2 fully saturated rings. The summed E-state index contributed by atoms with van der Waals surface area (Å²) in [5.74, 6) is -0.881. The van der Waals surface area contributed by atoms with E-state index in [4.69, 9.17) is 9.47 Å². The van der Waals surface area contributed by atoms with Gasteiger partial charge in [0.1, 0.15) is 18.6 Å². The van der Waals surface area contributed by atoms with Crippen LogP contribution < -0.4 is 0 Å². The number of carbonyl (C=O) groups excluding carboxylic acids is 2. The second kappa shape index (κ2) is 4.64. The highest BCUT2D eigenvalue weighted by atomic mass is 16.6. The fraction of sp³-hybridized carbons (Fsp3) is 0.818. The first kappa shape index (κ1) is 10.5. The van der Waals surface area contributed by atoms with E-state index < -0.39 is 11.9 Å². The summed E-state index contributed by atoms with van der Waals surface area (Å²) < 4.78 is 10.1. The summed E-state index contributed by atoms with van der Waals surface area (Å²) in [6.07, 6.45) is 5.84. The third-order valence-corrected chi connectivity index (χ3v) is 2.99. The first-order valence-electron chi connectivity index (χ1n) is 5.63. The van der Waals surface area contributed by atoms with E-state index in [1.807, 2.05) is 0 Å². The molecule has 0 heterocycles. The SMILES string of the molecule is O=C(CC(=O)OC1CCC1)OC1CCC1. The van der Waals surface area contributed by atoms with Crippen LogP contribution in [-0.4, -0.2) is 24.1 Å². The van der Waals surface area contributed by atoms with E-state index >= 15 is 0 Å². The standard InChI is InChI=1S/C11H16O4/c12-10(14-8-3-1-4-8)7-11(13)15-9-5-2-6-9/h8-9H,1-7H2. The van der Waals surface area contributed by atoms with E-state index in [2.05, 4.69) is 0 Å². The van der Waals surface area contributed by atoms with E-state index in [9.17, 15) is 9.59 Å². The Morgan fingerprint density at radius 2 is 1.27 bits per heavy atom. The van der Waals surface area contributed by atoms with Crippen LogP contribution in [0.4, 0.5) is 0 Å². The van der Waals surface area contributed by atoms with Crippen LogP contribution in [0.1, 0.15) is 44.9 Å². The summed E-state index contributed by atoms with van der Waals surface area (Å²) in [6, 6.07) is 0. The third-order valence-electron chi connectivity index (χ3n) is 2.99. The monoisotopic (exact) mass is 212 g/mol. The van der Waals surface area contributed by atoms with Crippen molar-refractivity contribution in [3.63, 3.8) is 0 Å². The molecule has 0 amide bonds. The van der Waals surface area contributed by atoms with Gasteiger partial charge in [-0.3, -0.25) is 9.59 Å². The molecule has 0 bridgehead atoms. The van der Waals surface area contributed by atoms with Crippen molar-refractivity contribution in [2.45, 2.75) is 57.2 Å². The van der Waals surface area contributed by atoms with Gasteiger partial charge < -0.3 is 9.47 Å². The van der Waals surface area contributed by atoms with Gasteiger partial charge in [0.25, 0.3) is 0 Å². The zero-order valence-electron chi connectivity index (χ0n) is 8.74. The van der Waals surface area contributed by atoms with Crippen LogP contribution in [0.3, 0.4) is 0 Å². The summed E-state index contributed by atoms with van der Waals surface area (Å²) in [5.41, 5.74) is 0. The van der Waals surface area contributed by atoms with Gasteiger partial charge in [-0.2, -0.15) is 0 Å². The lowest BCUT2D eigenvalue weighted by molar-refractivity contribution is -0.164. The van der Waals surface area contributed by atoms with Crippen LogP contribution in [0, 0.1) is 0 Å². The van der Waals surface area contributed by atoms with Crippen LogP contribution in [0.25, 0.3) is 0 Å². The quantitative estimate of drug-likeness (QED) is 0.524. The van der Waals surface area contributed by atoms with Gasteiger partial charge in [-0.25, -0.2) is 0 Å². The lowest BCUT2D eigenvalue weighted by Crippen LogP contribution is -2.29. The Hall–Kier alpha value is -1.06. The second-order valence-corrected chi connectivity index (χ2v) is 4.26. The molecule has 84 valence electrons. The van der Waals surface area contributed by atoms with Crippen molar-refractivity contribution >= 4 is 11.9 Å².